The molecule has 2 aliphatic carbocycles. The van der Waals surface area contributed by atoms with Crippen LogP contribution in [0.15, 0.2) is 18.2 Å². The molecule has 0 radical (unpaired) electrons. The lowest BCUT2D eigenvalue weighted by molar-refractivity contribution is 0.0400. The molecule has 0 unspecified atom stereocenters. The molecule has 3 rings (SSSR count). The number of aliphatic hydroxyl groups excluding tert-OH is 1. The molecule has 2 N–H and O–H groups in total. The van der Waals surface area contributed by atoms with Crippen LogP contribution in [0.4, 0.5) is 8.78 Å². The monoisotopic (exact) mass is 280 g/mol. The summed E-state index contributed by atoms with van der Waals surface area (Å²) in [5, 5.41) is 19.3. The highest BCUT2D eigenvalue weighted by Crippen LogP contribution is 2.53. The van der Waals surface area contributed by atoms with E-state index in [9.17, 15) is 19.0 Å². The largest absolute Gasteiger partial charge is 0.505 e. The molecule has 20 heavy (non-hydrogen) atoms. The van der Waals surface area contributed by atoms with E-state index in [1.807, 2.05) is 6.08 Å². The van der Waals surface area contributed by atoms with Gasteiger partial charge in [-0.1, -0.05) is 13.0 Å². The molecule has 0 aliphatic heterocycles. The van der Waals surface area contributed by atoms with Crippen molar-refractivity contribution in [2.45, 2.75) is 38.7 Å². The van der Waals surface area contributed by atoms with Crippen molar-refractivity contribution >= 4 is 5.57 Å². The maximum atomic E-state index is 13.9. The van der Waals surface area contributed by atoms with E-state index in [0.717, 1.165) is 30.5 Å². The zero-order valence-corrected chi connectivity index (χ0v) is 11.4. The van der Waals surface area contributed by atoms with E-state index in [1.54, 1.807) is 0 Å². The fourth-order valence-corrected chi connectivity index (χ4v) is 3.62. The van der Waals surface area contributed by atoms with Crippen LogP contribution in [0.1, 0.15) is 38.2 Å². The lowest BCUT2D eigenvalue weighted by Crippen LogP contribution is -2.34. The standard InChI is InChI=1S/C16H18F2O2/c1-16-5-4-9(6-10(16)2-3-15(16)20)11-7-13(18)14(19)8-12(11)17/h4,7-8,10,15,19-20H,2-3,5-6H2,1H3/t10-,15+,16+/m1/s1. The van der Waals surface area contributed by atoms with E-state index in [1.165, 1.54) is 0 Å². The minimum absolute atomic E-state index is 0.143. The van der Waals surface area contributed by atoms with E-state index >= 15 is 0 Å². The van der Waals surface area contributed by atoms with Crippen LogP contribution in [-0.4, -0.2) is 16.3 Å². The normalized spacial score (nSPS) is 32.9. The summed E-state index contributed by atoms with van der Waals surface area (Å²) in [5.74, 6) is -1.77. The Kier molecular flexibility index (Phi) is 3.09. The maximum Gasteiger partial charge on any atom is 0.165 e. The fraction of sp³-hybridized carbons (Fsp3) is 0.500. The third kappa shape index (κ3) is 1.94. The zero-order chi connectivity index (χ0) is 14.5. The summed E-state index contributed by atoms with van der Waals surface area (Å²) in [6.07, 6.45) is 4.60. The van der Waals surface area contributed by atoms with Gasteiger partial charge in [0.25, 0.3) is 0 Å². The Balaban J connectivity index is 1.96. The average molecular weight is 280 g/mol. The van der Waals surface area contributed by atoms with Crippen LogP contribution in [0.2, 0.25) is 0 Å². The van der Waals surface area contributed by atoms with Crippen LogP contribution in [0.3, 0.4) is 0 Å². The molecule has 1 aromatic rings. The number of phenolic OH excluding ortho intramolecular Hbond substituents is 1. The highest BCUT2D eigenvalue weighted by molar-refractivity contribution is 5.68. The summed E-state index contributed by atoms with van der Waals surface area (Å²) in [4.78, 5) is 0. The quantitative estimate of drug-likeness (QED) is 0.824. The second kappa shape index (κ2) is 4.55. The first-order chi connectivity index (χ1) is 9.41. The number of aliphatic hydroxyl groups is 1. The number of hydrogen-bond acceptors (Lipinski definition) is 2. The third-order valence-electron chi connectivity index (χ3n) is 5.12. The van der Waals surface area contributed by atoms with Crippen LogP contribution >= 0.6 is 0 Å². The van der Waals surface area contributed by atoms with E-state index in [2.05, 4.69) is 6.92 Å². The predicted molar refractivity (Wildman–Crippen MR) is 72.1 cm³/mol. The Morgan fingerprint density at radius 3 is 2.70 bits per heavy atom. The van der Waals surface area contributed by atoms with Crippen molar-refractivity contribution in [1.29, 1.82) is 0 Å². The van der Waals surface area contributed by atoms with Crippen LogP contribution in [0, 0.1) is 23.0 Å². The number of rotatable bonds is 1. The first-order valence-electron chi connectivity index (χ1n) is 6.97. The van der Waals surface area contributed by atoms with Gasteiger partial charge in [0.05, 0.1) is 6.10 Å². The first kappa shape index (κ1) is 13.6. The molecule has 0 bridgehead atoms. The molecular formula is C16H18F2O2. The molecular weight excluding hydrogens is 262 g/mol. The number of fused-ring (bicyclic) bond motifs is 1. The summed E-state index contributed by atoms with van der Waals surface area (Å²) >= 11 is 0. The van der Waals surface area contributed by atoms with Crippen molar-refractivity contribution in [2.24, 2.45) is 11.3 Å². The molecule has 4 heteroatoms. The molecule has 0 aromatic heterocycles. The van der Waals surface area contributed by atoms with Crippen LogP contribution in [0.25, 0.3) is 5.57 Å². The van der Waals surface area contributed by atoms with E-state index in [4.69, 9.17) is 0 Å². The van der Waals surface area contributed by atoms with E-state index in [0.29, 0.717) is 18.8 Å². The average Bonchev–Trinajstić information content (AvgIpc) is 2.70. The van der Waals surface area contributed by atoms with Gasteiger partial charge < -0.3 is 10.2 Å². The van der Waals surface area contributed by atoms with Crippen LogP contribution in [-0.2, 0) is 0 Å². The van der Waals surface area contributed by atoms with Gasteiger partial charge in [-0.2, -0.15) is 0 Å². The van der Waals surface area contributed by atoms with Gasteiger partial charge in [0.2, 0.25) is 0 Å². The Morgan fingerprint density at radius 1 is 1.20 bits per heavy atom. The van der Waals surface area contributed by atoms with Crippen molar-refractivity contribution in [3.63, 3.8) is 0 Å². The Labute approximate surface area is 116 Å². The smallest absolute Gasteiger partial charge is 0.165 e. The molecule has 108 valence electrons. The molecule has 0 amide bonds. The Morgan fingerprint density at radius 2 is 1.95 bits per heavy atom. The lowest BCUT2D eigenvalue weighted by Gasteiger charge is -2.38. The summed E-state index contributed by atoms with van der Waals surface area (Å²) in [5.41, 5.74) is 0.858. The first-order valence-corrected chi connectivity index (χ1v) is 6.97. The topological polar surface area (TPSA) is 40.5 Å². The number of benzene rings is 1. The zero-order valence-electron chi connectivity index (χ0n) is 11.4. The van der Waals surface area contributed by atoms with Gasteiger partial charge in [0, 0.05) is 17.0 Å². The maximum absolute atomic E-state index is 13.9. The minimum atomic E-state index is -0.804. The molecule has 0 heterocycles. The molecule has 1 fully saturated rings. The van der Waals surface area contributed by atoms with Gasteiger partial charge in [-0.25, -0.2) is 8.78 Å². The van der Waals surface area contributed by atoms with Gasteiger partial charge >= 0.3 is 0 Å². The molecule has 1 aromatic carbocycles. The molecule has 2 nitrogen and oxygen atoms in total. The van der Waals surface area contributed by atoms with Gasteiger partial charge in [-0.05, 0) is 43.2 Å². The van der Waals surface area contributed by atoms with Gasteiger partial charge in [-0.3, -0.25) is 0 Å². The Bertz CT molecular complexity index is 582. The van der Waals surface area contributed by atoms with Crippen molar-refractivity contribution < 1.29 is 19.0 Å². The Hall–Kier alpha value is -1.42. The van der Waals surface area contributed by atoms with Gasteiger partial charge in [0.1, 0.15) is 5.82 Å². The molecule has 0 spiro atoms. The van der Waals surface area contributed by atoms with Gasteiger partial charge in [-0.15, -0.1) is 0 Å². The molecule has 0 saturated heterocycles. The fourth-order valence-electron chi connectivity index (χ4n) is 3.62. The summed E-state index contributed by atoms with van der Waals surface area (Å²) < 4.78 is 27.3. The van der Waals surface area contributed by atoms with Crippen molar-refractivity contribution in [1.82, 2.24) is 0 Å². The van der Waals surface area contributed by atoms with Gasteiger partial charge in [0.15, 0.2) is 11.6 Å². The lowest BCUT2D eigenvalue weighted by atomic mass is 9.68. The number of hydrogen-bond donors (Lipinski definition) is 2. The molecule has 2 aliphatic rings. The third-order valence-corrected chi connectivity index (χ3v) is 5.12. The summed E-state index contributed by atoms with van der Waals surface area (Å²) in [6, 6.07) is 1.88. The second-order valence-corrected chi connectivity index (χ2v) is 6.22. The summed E-state index contributed by atoms with van der Waals surface area (Å²) in [6.45, 7) is 2.07. The number of allylic oxidation sites excluding steroid dienone is 2. The number of phenols is 1. The minimum Gasteiger partial charge on any atom is -0.505 e. The highest BCUT2D eigenvalue weighted by Gasteiger charge is 2.47. The van der Waals surface area contributed by atoms with Crippen molar-refractivity contribution in [3.05, 3.63) is 35.4 Å². The van der Waals surface area contributed by atoms with E-state index in [-0.39, 0.29) is 17.1 Å². The highest BCUT2D eigenvalue weighted by atomic mass is 19.1. The number of halogens is 2. The van der Waals surface area contributed by atoms with Crippen molar-refractivity contribution in [2.75, 3.05) is 0 Å². The summed E-state index contributed by atoms with van der Waals surface area (Å²) in [7, 11) is 0. The second-order valence-electron chi connectivity index (χ2n) is 6.22. The van der Waals surface area contributed by atoms with Crippen molar-refractivity contribution in [3.8, 4) is 5.75 Å². The number of aromatic hydroxyl groups is 1. The van der Waals surface area contributed by atoms with Crippen LogP contribution in [0.5, 0.6) is 5.75 Å². The van der Waals surface area contributed by atoms with E-state index < -0.39 is 17.4 Å². The molecule has 1 saturated carbocycles. The SMILES string of the molecule is C[C@]12CC=C(c3cc(F)c(O)cc3F)C[C@H]1CC[C@@H]2O. The molecule has 3 atom stereocenters. The van der Waals surface area contributed by atoms with Crippen LogP contribution < -0.4 is 0 Å². The predicted octanol–water partition coefficient (Wildman–Crippen LogP) is 3.62.